The molecule has 7 heteroatoms. The quantitative estimate of drug-likeness (QED) is 0.848. The first-order chi connectivity index (χ1) is 9.06. The fourth-order valence-corrected chi connectivity index (χ4v) is 3.61. The Balaban J connectivity index is 2.17. The standard InChI is InChI=1S/C12H17N3O2S2/c1-2-15-9-12(6-10(15)7-13)19(16,17)14-8-11-4-3-5-18-11/h3-6,9,14H,2,7-8,13H2,1H3. The molecule has 0 radical (unpaired) electrons. The smallest absolute Gasteiger partial charge is 0.242 e. The van der Waals surface area contributed by atoms with Crippen LogP contribution in [0.2, 0.25) is 0 Å². The summed E-state index contributed by atoms with van der Waals surface area (Å²) in [6.07, 6.45) is 1.62. The van der Waals surface area contributed by atoms with Crippen molar-refractivity contribution in [2.45, 2.75) is 31.5 Å². The highest BCUT2D eigenvalue weighted by Crippen LogP contribution is 2.15. The summed E-state index contributed by atoms with van der Waals surface area (Å²) in [5.74, 6) is 0. The summed E-state index contributed by atoms with van der Waals surface area (Å²) in [5, 5.41) is 1.92. The minimum Gasteiger partial charge on any atom is -0.349 e. The SMILES string of the molecule is CCn1cc(S(=O)(=O)NCc2cccs2)cc1CN. The molecular formula is C12H17N3O2S2. The molecule has 0 aromatic carbocycles. The number of thiophene rings is 1. The molecule has 0 saturated heterocycles. The summed E-state index contributed by atoms with van der Waals surface area (Å²) >= 11 is 1.52. The van der Waals surface area contributed by atoms with Gasteiger partial charge in [-0.25, -0.2) is 13.1 Å². The van der Waals surface area contributed by atoms with E-state index >= 15 is 0 Å². The van der Waals surface area contributed by atoms with Crippen LogP contribution in [0.4, 0.5) is 0 Å². The maximum atomic E-state index is 12.2. The second-order valence-electron chi connectivity index (χ2n) is 4.06. The van der Waals surface area contributed by atoms with Crippen LogP contribution in [0.3, 0.4) is 0 Å². The van der Waals surface area contributed by atoms with Crippen LogP contribution < -0.4 is 10.5 Å². The lowest BCUT2D eigenvalue weighted by molar-refractivity contribution is 0.581. The van der Waals surface area contributed by atoms with Crippen molar-refractivity contribution in [2.24, 2.45) is 5.73 Å². The van der Waals surface area contributed by atoms with Crippen LogP contribution in [-0.4, -0.2) is 13.0 Å². The molecule has 0 fully saturated rings. The van der Waals surface area contributed by atoms with Gasteiger partial charge in [0.05, 0.1) is 4.90 Å². The largest absolute Gasteiger partial charge is 0.349 e. The minimum absolute atomic E-state index is 0.270. The van der Waals surface area contributed by atoms with Gasteiger partial charge in [-0.2, -0.15) is 0 Å². The van der Waals surface area contributed by atoms with Gasteiger partial charge in [0.15, 0.2) is 0 Å². The Kier molecular flexibility index (Phi) is 4.41. The molecule has 19 heavy (non-hydrogen) atoms. The second kappa shape index (κ2) is 5.87. The fraction of sp³-hybridized carbons (Fsp3) is 0.333. The summed E-state index contributed by atoms with van der Waals surface area (Å²) in [6, 6.07) is 5.42. The van der Waals surface area contributed by atoms with Crippen LogP contribution >= 0.6 is 11.3 Å². The zero-order chi connectivity index (χ0) is 13.9. The van der Waals surface area contributed by atoms with E-state index in [1.54, 1.807) is 12.3 Å². The minimum atomic E-state index is -3.48. The highest BCUT2D eigenvalue weighted by molar-refractivity contribution is 7.89. The molecule has 104 valence electrons. The molecule has 2 aromatic heterocycles. The number of aromatic nitrogens is 1. The average molecular weight is 299 g/mol. The van der Waals surface area contributed by atoms with Crippen molar-refractivity contribution in [1.29, 1.82) is 0 Å². The third kappa shape index (κ3) is 3.24. The van der Waals surface area contributed by atoms with Crippen molar-refractivity contribution < 1.29 is 8.42 Å². The van der Waals surface area contributed by atoms with Crippen LogP contribution in [0.5, 0.6) is 0 Å². The fourth-order valence-electron chi connectivity index (χ4n) is 1.80. The molecule has 0 unspecified atom stereocenters. The topological polar surface area (TPSA) is 77.1 Å². The highest BCUT2D eigenvalue weighted by atomic mass is 32.2. The first-order valence-corrected chi connectivity index (χ1v) is 8.34. The van der Waals surface area contributed by atoms with Crippen LogP contribution in [-0.2, 0) is 29.7 Å². The molecule has 0 spiro atoms. The second-order valence-corrected chi connectivity index (χ2v) is 6.86. The zero-order valence-electron chi connectivity index (χ0n) is 10.7. The van der Waals surface area contributed by atoms with E-state index in [1.165, 1.54) is 11.3 Å². The molecular weight excluding hydrogens is 282 g/mol. The maximum Gasteiger partial charge on any atom is 0.242 e. The Morgan fingerprint density at radius 3 is 2.79 bits per heavy atom. The van der Waals surface area contributed by atoms with E-state index < -0.39 is 10.0 Å². The first-order valence-electron chi connectivity index (χ1n) is 5.98. The van der Waals surface area contributed by atoms with Crippen molar-refractivity contribution in [3.63, 3.8) is 0 Å². The number of nitrogens with two attached hydrogens (primary N) is 1. The van der Waals surface area contributed by atoms with Gasteiger partial charge in [0.1, 0.15) is 0 Å². The molecule has 0 amide bonds. The Hall–Kier alpha value is -1.15. The number of rotatable bonds is 6. The molecule has 0 saturated carbocycles. The predicted molar refractivity (Wildman–Crippen MR) is 76.3 cm³/mol. The molecule has 2 aromatic rings. The van der Waals surface area contributed by atoms with Gasteiger partial charge in [0.25, 0.3) is 0 Å². The van der Waals surface area contributed by atoms with Crippen molar-refractivity contribution in [3.8, 4) is 0 Å². The molecule has 5 nitrogen and oxygen atoms in total. The number of sulfonamides is 1. The number of hydrogen-bond donors (Lipinski definition) is 2. The third-order valence-corrected chi connectivity index (χ3v) is 5.08. The van der Waals surface area contributed by atoms with E-state index in [0.717, 1.165) is 10.6 Å². The van der Waals surface area contributed by atoms with Gasteiger partial charge in [0, 0.05) is 36.4 Å². The summed E-state index contributed by atoms with van der Waals surface area (Å²) in [5.41, 5.74) is 6.42. The monoisotopic (exact) mass is 299 g/mol. The van der Waals surface area contributed by atoms with Crippen LogP contribution in [0.1, 0.15) is 17.5 Å². The molecule has 0 atom stereocenters. The lowest BCUT2D eigenvalue weighted by Crippen LogP contribution is -2.22. The van der Waals surface area contributed by atoms with Gasteiger partial charge in [-0.3, -0.25) is 0 Å². The van der Waals surface area contributed by atoms with Gasteiger partial charge in [-0.1, -0.05) is 6.07 Å². The Labute approximate surface area is 117 Å². The first kappa shape index (κ1) is 14.3. The van der Waals surface area contributed by atoms with Gasteiger partial charge >= 0.3 is 0 Å². The Bertz CT molecular complexity index is 608. The molecule has 0 aliphatic heterocycles. The number of aryl methyl sites for hydroxylation is 1. The van der Waals surface area contributed by atoms with Crippen molar-refractivity contribution >= 4 is 21.4 Å². The summed E-state index contributed by atoms with van der Waals surface area (Å²) < 4.78 is 28.8. The number of nitrogens with zero attached hydrogens (tertiary/aromatic N) is 1. The van der Waals surface area contributed by atoms with Gasteiger partial charge in [0.2, 0.25) is 10.0 Å². The maximum absolute atomic E-state index is 12.2. The molecule has 2 rings (SSSR count). The van der Waals surface area contributed by atoms with E-state index in [2.05, 4.69) is 4.72 Å². The van der Waals surface area contributed by atoms with E-state index in [1.807, 2.05) is 29.0 Å². The summed E-state index contributed by atoms with van der Waals surface area (Å²) in [7, 11) is -3.48. The van der Waals surface area contributed by atoms with Crippen LogP contribution in [0.15, 0.2) is 34.7 Å². The number of nitrogens with one attached hydrogen (secondary N) is 1. The van der Waals surface area contributed by atoms with Gasteiger partial charge in [-0.05, 0) is 24.4 Å². The number of hydrogen-bond acceptors (Lipinski definition) is 4. The Morgan fingerprint density at radius 2 is 2.26 bits per heavy atom. The molecule has 0 bridgehead atoms. The normalized spacial score (nSPS) is 11.9. The molecule has 0 aliphatic rings. The lowest BCUT2D eigenvalue weighted by atomic mass is 10.4. The summed E-state index contributed by atoms with van der Waals surface area (Å²) in [6.45, 7) is 3.30. The lowest BCUT2D eigenvalue weighted by Gasteiger charge is -2.03. The van der Waals surface area contributed by atoms with Crippen molar-refractivity contribution in [1.82, 2.24) is 9.29 Å². The van der Waals surface area contributed by atoms with E-state index in [0.29, 0.717) is 19.6 Å². The predicted octanol–water partition coefficient (Wildman–Crippen LogP) is 1.51. The van der Waals surface area contributed by atoms with Gasteiger partial charge < -0.3 is 10.3 Å². The van der Waals surface area contributed by atoms with Crippen molar-refractivity contribution in [2.75, 3.05) is 0 Å². The summed E-state index contributed by atoms with van der Waals surface area (Å²) in [4.78, 5) is 1.25. The highest BCUT2D eigenvalue weighted by Gasteiger charge is 2.17. The zero-order valence-corrected chi connectivity index (χ0v) is 12.3. The van der Waals surface area contributed by atoms with E-state index in [4.69, 9.17) is 5.73 Å². The Morgan fingerprint density at radius 1 is 1.47 bits per heavy atom. The van der Waals surface area contributed by atoms with Crippen LogP contribution in [0, 0.1) is 0 Å². The molecule has 0 aliphatic carbocycles. The molecule has 3 N–H and O–H groups in total. The van der Waals surface area contributed by atoms with Crippen molar-refractivity contribution in [3.05, 3.63) is 40.3 Å². The third-order valence-electron chi connectivity index (χ3n) is 2.84. The van der Waals surface area contributed by atoms with E-state index in [-0.39, 0.29) is 4.90 Å². The van der Waals surface area contributed by atoms with E-state index in [9.17, 15) is 8.42 Å². The van der Waals surface area contributed by atoms with Gasteiger partial charge in [-0.15, -0.1) is 11.3 Å². The van der Waals surface area contributed by atoms with Crippen LogP contribution in [0.25, 0.3) is 0 Å². The average Bonchev–Trinajstić information content (AvgIpc) is 3.05. The molecule has 2 heterocycles.